The maximum Gasteiger partial charge on any atom is 0.271 e. The fraction of sp³-hybridized carbons (Fsp3) is 0.125. The number of halogens is 1. The zero-order valence-corrected chi connectivity index (χ0v) is 14.4. The average Bonchev–Trinajstić information content (AvgIpc) is 2.92. The van der Waals surface area contributed by atoms with Crippen molar-refractivity contribution in [2.24, 2.45) is 0 Å². The van der Waals surface area contributed by atoms with Gasteiger partial charge in [0.05, 0.1) is 5.69 Å². The van der Waals surface area contributed by atoms with Gasteiger partial charge in [0.1, 0.15) is 4.21 Å². The number of fused-ring (bicyclic) bond motifs is 1. The molecule has 0 aliphatic rings. The van der Waals surface area contributed by atoms with E-state index in [2.05, 4.69) is 4.72 Å². The molecule has 0 aliphatic carbocycles. The van der Waals surface area contributed by atoms with E-state index < -0.39 is 10.0 Å². The quantitative estimate of drug-likeness (QED) is 0.723. The first-order valence-corrected chi connectivity index (χ1v) is 9.33. The molecule has 0 radical (unpaired) electrons. The third-order valence-electron chi connectivity index (χ3n) is 3.48. The van der Waals surface area contributed by atoms with Crippen molar-refractivity contribution in [1.29, 1.82) is 0 Å². The summed E-state index contributed by atoms with van der Waals surface area (Å²) in [4.78, 5) is 0.951. The summed E-state index contributed by atoms with van der Waals surface area (Å²) in [6, 6.07) is 12.7. The third kappa shape index (κ3) is 2.72. The Kier molecular flexibility index (Phi) is 3.89. The molecule has 0 unspecified atom stereocenters. The smallest absolute Gasteiger partial charge is 0.271 e. The maximum absolute atomic E-state index is 12.5. The first kappa shape index (κ1) is 15.3. The van der Waals surface area contributed by atoms with Crippen LogP contribution in [0.15, 0.2) is 46.7 Å². The molecular weight excluding hydrogens is 338 g/mol. The molecule has 3 aromatic rings. The van der Waals surface area contributed by atoms with Crippen LogP contribution in [0, 0.1) is 13.8 Å². The van der Waals surface area contributed by atoms with Gasteiger partial charge in [-0.25, -0.2) is 8.42 Å². The summed E-state index contributed by atoms with van der Waals surface area (Å²) < 4.78 is 28.0. The van der Waals surface area contributed by atoms with Gasteiger partial charge in [-0.15, -0.1) is 11.3 Å². The second-order valence-corrected chi connectivity index (χ2v) is 8.65. The summed E-state index contributed by atoms with van der Waals surface area (Å²) in [5.74, 6) is 0. The molecule has 1 heterocycles. The molecule has 114 valence electrons. The number of hydrogen-bond acceptors (Lipinski definition) is 3. The molecule has 3 nitrogen and oxygen atoms in total. The lowest BCUT2D eigenvalue weighted by Gasteiger charge is -2.12. The number of sulfonamides is 1. The van der Waals surface area contributed by atoms with Gasteiger partial charge in [0.25, 0.3) is 10.0 Å². The predicted molar refractivity (Wildman–Crippen MR) is 93.6 cm³/mol. The summed E-state index contributed by atoms with van der Waals surface area (Å²) in [5, 5.41) is 2.31. The minimum Gasteiger partial charge on any atom is -0.278 e. The Balaban J connectivity index is 2.14. The summed E-state index contributed by atoms with van der Waals surface area (Å²) in [6.45, 7) is 3.80. The van der Waals surface area contributed by atoms with E-state index in [1.54, 1.807) is 18.2 Å². The number of thiophene rings is 1. The number of benzene rings is 2. The maximum atomic E-state index is 12.5. The van der Waals surface area contributed by atoms with E-state index in [-0.39, 0.29) is 0 Å². The SMILES string of the molecule is Cc1ccc(S(=O)(=O)Nc2cc(Cl)c(C)c3ccccc23)s1. The van der Waals surface area contributed by atoms with Crippen molar-refractivity contribution in [3.8, 4) is 0 Å². The van der Waals surface area contributed by atoms with Gasteiger partial charge in [0, 0.05) is 15.3 Å². The highest BCUT2D eigenvalue weighted by molar-refractivity contribution is 7.94. The molecule has 0 amide bonds. The van der Waals surface area contributed by atoms with Crippen molar-refractivity contribution in [2.45, 2.75) is 18.1 Å². The van der Waals surface area contributed by atoms with E-state index >= 15 is 0 Å². The molecule has 0 spiro atoms. The van der Waals surface area contributed by atoms with Crippen LogP contribution in [-0.4, -0.2) is 8.42 Å². The molecule has 0 bridgehead atoms. The monoisotopic (exact) mass is 351 g/mol. The summed E-state index contributed by atoms with van der Waals surface area (Å²) in [6.07, 6.45) is 0. The molecule has 0 atom stereocenters. The average molecular weight is 352 g/mol. The highest BCUT2D eigenvalue weighted by atomic mass is 35.5. The Hall–Kier alpha value is -1.56. The Bertz CT molecular complexity index is 961. The zero-order chi connectivity index (χ0) is 15.9. The number of nitrogens with one attached hydrogen (secondary N) is 1. The van der Waals surface area contributed by atoms with E-state index in [4.69, 9.17) is 11.6 Å². The van der Waals surface area contributed by atoms with Gasteiger partial charge >= 0.3 is 0 Å². The second kappa shape index (κ2) is 5.57. The lowest BCUT2D eigenvalue weighted by Crippen LogP contribution is -2.12. The minimum absolute atomic E-state index is 0.297. The van der Waals surface area contributed by atoms with E-state index in [9.17, 15) is 8.42 Å². The van der Waals surface area contributed by atoms with Crippen molar-refractivity contribution in [3.05, 3.63) is 57.9 Å². The number of anilines is 1. The van der Waals surface area contributed by atoms with Gasteiger partial charge in [-0.1, -0.05) is 35.9 Å². The van der Waals surface area contributed by atoms with Crippen LogP contribution in [-0.2, 0) is 10.0 Å². The summed E-state index contributed by atoms with van der Waals surface area (Å²) in [7, 11) is -3.60. The molecule has 0 fully saturated rings. The highest BCUT2D eigenvalue weighted by Gasteiger charge is 2.18. The van der Waals surface area contributed by atoms with Crippen LogP contribution in [0.25, 0.3) is 10.8 Å². The van der Waals surface area contributed by atoms with Crippen molar-refractivity contribution >= 4 is 49.4 Å². The second-order valence-electron chi connectivity index (χ2n) is 5.05. The lowest BCUT2D eigenvalue weighted by atomic mass is 10.0. The molecule has 22 heavy (non-hydrogen) atoms. The molecule has 2 aromatic carbocycles. The van der Waals surface area contributed by atoms with E-state index in [1.165, 1.54) is 11.3 Å². The zero-order valence-electron chi connectivity index (χ0n) is 12.1. The van der Waals surface area contributed by atoms with Crippen LogP contribution in [0.4, 0.5) is 5.69 Å². The van der Waals surface area contributed by atoms with Crippen LogP contribution >= 0.6 is 22.9 Å². The first-order valence-electron chi connectivity index (χ1n) is 6.65. The normalized spacial score (nSPS) is 11.8. The molecule has 0 saturated carbocycles. The first-order chi connectivity index (χ1) is 10.4. The van der Waals surface area contributed by atoms with Gasteiger partial charge < -0.3 is 0 Å². The highest BCUT2D eigenvalue weighted by Crippen LogP contribution is 2.34. The fourth-order valence-electron chi connectivity index (χ4n) is 2.32. The Morgan fingerprint density at radius 1 is 1.05 bits per heavy atom. The standard InChI is InChI=1S/C16H14ClNO2S2/c1-10-7-8-16(21-10)22(19,20)18-15-9-14(17)11(2)12-5-3-4-6-13(12)15/h3-9,18H,1-2H3. The van der Waals surface area contributed by atoms with Crippen molar-refractivity contribution < 1.29 is 8.42 Å². The van der Waals surface area contributed by atoms with Gasteiger partial charge in [-0.05, 0) is 43.0 Å². The van der Waals surface area contributed by atoms with Crippen molar-refractivity contribution in [1.82, 2.24) is 0 Å². The molecule has 0 aliphatic heterocycles. The van der Waals surface area contributed by atoms with Crippen LogP contribution in [0.3, 0.4) is 0 Å². The Labute approximate surface area is 138 Å². The molecule has 1 N–H and O–H groups in total. The third-order valence-corrected chi connectivity index (χ3v) is 6.73. The van der Waals surface area contributed by atoms with Gasteiger partial charge in [0.15, 0.2) is 0 Å². The largest absolute Gasteiger partial charge is 0.278 e. The van der Waals surface area contributed by atoms with E-state index in [0.717, 1.165) is 21.2 Å². The number of aryl methyl sites for hydroxylation is 2. The summed E-state index contributed by atoms with van der Waals surface area (Å²) >= 11 is 7.48. The molecule has 0 saturated heterocycles. The van der Waals surface area contributed by atoms with E-state index in [0.29, 0.717) is 14.9 Å². The van der Waals surface area contributed by atoms with Gasteiger partial charge in [0.2, 0.25) is 0 Å². The van der Waals surface area contributed by atoms with Crippen LogP contribution in [0.2, 0.25) is 5.02 Å². The minimum atomic E-state index is -3.60. The van der Waals surface area contributed by atoms with Gasteiger partial charge in [-0.3, -0.25) is 4.72 Å². The fourth-order valence-corrected chi connectivity index (χ4v) is 4.89. The van der Waals surface area contributed by atoms with Crippen molar-refractivity contribution in [2.75, 3.05) is 4.72 Å². The molecule has 6 heteroatoms. The topological polar surface area (TPSA) is 46.2 Å². The Morgan fingerprint density at radius 3 is 2.36 bits per heavy atom. The van der Waals surface area contributed by atoms with Crippen LogP contribution < -0.4 is 4.72 Å². The number of hydrogen-bond donors (Lipinski definition) is 1. The van der Waals surface area contributed by atoms with Crippen LogP contribution in [0.1, 0.15) is 10.4 Å². The molecule has 1 aromatic heterocycles. The van der Waals surface area contributed by atoms with E-state index in [1.807, 2.05) is 38.1 Å². The molecule has 3 rings (SSSR count). The lowest BCUT2D eigenvalue weighted by molar-refractivity contribution is 0.603. The van der Waals surface area contributed by atoms with Gasteiger partial charge in [-0.2, -0.15) is 0 Å². The predicted octanol–water partition coefficient (Wildman–Crippen LogP) is 4.97. The Morgan fingerprint density at radius 2 is 1.73 bits per heavy atom. The van der Waals surface area contributed by atoms with Crippen LogP contribution in [0.5, 0.6) is 0 Å². The van der Waals surface area contributed by atoms with Crippen molar-refractivity contribution in [3.63, 3.8) is 0 Å². The summed E-state index contributed by atoms with van der Waals surface area (Å²) in [5.41, 5.74) is 1.43. The molecular formula is C16H14ClNO2S2. The number of rotatable bonds is 3.